The van der Waals surface area contributed by atoms with E-state index in [-0.39, 0.29) is 5.91 Å². The molecule has 3 aromatic rings. The molecule has 2 aliphatic rings. The number of rotatable bonds is 5. The number of thiophene rings is 1. The van der Waals surface area contributed by atoms with E-state index in [2.05, 4.69) is 11.8 Å². The van der Waals surface area contributed by atoms with Crippen molar-refractivity contribution >= 4 is 39.8 Å². The predicted molar refractivity (Wildman–Crippen MR) is 132 cm³/mol. The Bertz CT molecular complexity index is 1130. The third-order valence-corrected chi connectivity index (χ3v) is 8.85. The number of piperidine rings is 1. The molecule has 1 saturated heterocycles. The minimum atomic E-state index is 0.194. The highest BCUT2D eigenvalue weighted by Gasteiger charge is 2.26. The summed E-state index contributed by atoms with van der Waals surface area (Å²) in [5.41, 5.74) is 5.35. The maximum absolute atomic E-state index is 11.8. The number of halogens is 1. The van der Waals surface area contributed by atoms with Crippen LogP contribution in [0.15, 0.2) is 28.9 Å². The number of fused-ring (bicyclic) bond motifs is 2. The van der Waals surface area contributed by atoms with Crippen molar-refractivity contribution in [2.24, 2.45) is 0 Å². The van der Waals surface area contributed by atoms with E-state index in [4.69, 9.17) is 16.0 Å². The number of carbonyl (C=O) groups is 1. The molecule has 5 rings (SSSR count). The number of likely N-dealkylation sites (tertiary alicyclic amines) is 1. The van der Waals surface area contributed by atoms with E-state index in [0.29, 0.717) is 5.92 Å². The van der Waals surface area contributed by atoms with Crippen LogP contribution in [0.5, 0.6) is 0 Å². The van der Waals surface area contributed by atoms with E-state index >= 15 is 0 Å². The van der Waals surface area contributed by atoms with Gasteiger partial charge in [0.05, 0.1) is 12.8 Å². The monoisotopic (exact) mass is 470 g/mol. The smallest absolute Gasteiger partial charge is 0.219 e. The summed E-state index contributed by atoms with van der Waals surface area (Å²) in [7, 11) is 0. The van der Waals surface area contributed by atoms with Crippen molar-refractivity contribution in [3.05, 3.63) is 55.9 Å². The molecule has 4 heterocycles. The Balaban J connectivity index is 1.21. The van der Waals surface area contributed by atoms with Crippen molar-refractivity contribution in [3.63, 3.8) is 0 Å². The highest BCUT2D eigenvalue weighted by atomic mass is 35.5. The zero-order valence-corrected chi connectivity index (χ0v) is 20.5. The molecule has 4 nitrogen and oxygen atoms in total. The van der Waals surface area contributed by atoms with E-state index in [0.717, 1.165) is 75.4 Å². The zero-order chi connectivity index (χ0) is 22.2. The van der Waals surface area contributed by atoms with Crippen LogP contribution in [-0.4, -0.2) is 41.9 Å². The van der Waals surface area contributed by atoms with Gasteiger partial charge in [-0.1, -0.05) is 18.5 Å². The van der Waals surface area contributed by atoms with Gasteiger partial charge in [-0.15, -0.1) is 11.3 Å². The second kappa shape index (κ2) is 9.20. The van der Waals surface area contributed by atoms with Gasteiger partial charge in [0.1, 0.15) is 5.58 Å². The van der Waals surface area contributed by atoms with E-state index in [1.165, 1.54) is 21.4 Å². The van der Waals surface area contributed by atoms with Gasteiger partial charge in [0.2, 0.25) is 5.91 Å². The van der Waals surface area contributed by atoms with Gasteiger partial charge in [0.25, 0.3) is 0 Å². The fourth-order valence-corrected chi connectivity index (χ4v) is 7.09. The number of hydrogen-bond acceptors (Lipinski definition) is 4. The lowest BCUT2D eigenvalue weighted by Gasteiger charge is -2.31. The van der Waals surface area contributed by atoms with Crippen LogP contribution in [0.1, 0.15) is 59.1 Å². The van der Waals surface area contributed by atoms with Crippen LogP contribution in [-0.2, 0) is 30.6 Å². The van der Waals surface area contributed by atoms with Crippen molar-refractivity contribution < 1.29 is 9.21 Å². The average molecular weight is 471 g/mol. The number of amides is 1. The molecule has 6 heteroatoms. The minimum Gasteiger partial charge on any atom is -0.464 e. The summed E-state index contributed by atoms with van der Waals surface area (Å²) >= 11 is 8.18. The van der Waals surface area contributed by atoms with E-state index in [1.54, 1.807) is 17.4 Å². The Morgan fingerprint density at radius 3 is 2.81 bits per heavy atom. The maximum atomic E-state index is 11.8. The molecule has 0 bridgehead atoms. The lowest BCUT2D eigenvalue weighted by atomic mass is 9.89. The molecule has 1 amide bonds. The molecular formula is C26H31ClN2O2S. The Morgan fingerprint density at radius 2 is 2.06 bits per heavy atom. The quantitative estimate of drug-likeness (QED) is 0.456. The van der Waals surface area contributed by atoms with Crippen LogP contribution in [0, 0.1) is 0 Å². The lowest BCUT2D eigenvalue weighted by molar-refractivity contribution is -0.129. The molecule has 0 saturated carbocycles. The molecule has 1 fully saturated rings. The van der Waals surface area contributed by atoms with Crippen molar-refractivity contribution in [2.45, 2.75) is 58.4 Å². The second-order valence-electron chi connectivity index (χ2n) is 9.15. The molecule has 0 spiro atoms. The van der Waals surface area contributed by atoms with Gasteiger partial charge in [-0.25, -0.2) is 0 Å². The number of benzene rings is 1. The highest BCUT2D eigenvalue weighted by Crippen LogP contribution is 2.37. The summed E-state index contributed by atoms with van der Waals surface area (Å²) in [6.07, 6.45) is 7.50. The fourth-order valence-electron chi connectivity index (χ4n) is 5.47. The van der Waals surface area contributed by atoms with E-state index in [1.807, 2.05) is 40.7 Å². The Kier molecular flexibility index (Phi) is 6.33. The first-order valence-electron chi connectivity index (χ1n) is 11.8. The Labute approximate surface area is 199 Å². The number of hydrogen-bond donors (Lipinski definition) is 0. The second-order valence-corrected chi connectivity index (χ2v) is 10.8. The molecule has 1 aromatic carbocycles. The van der Waals surface area contributed by atoms with Crippen molar-refractivity contribution in [3.8, 4) is 0 Å². The predicted octanol–water partition coefficient (Wildman–Crippen LogP) is 6.04. The summed E-state index contributed by atoms with van der Waals surface area (Å²) in [4.78, 5) is 19.4. The third kappa shape index (κ3) is 4.23. The van der Waals surface area contributed by atoms with Gasteiger partial charge in [0, 0.05) is 45.7 Å². The molecule has 0 aliphatic carbocycles. The van der Waals surface area contributed by atoms with Gasteiger partial charge < -0.3 is 14.2 Å². The largest absolute Gasteiger partial charge is 0.464 e. The SMILES string of the molecule is CCc1c(CCN2CCC(c3coc4ccc(Cl)cc34)CC2)sc2c1CCN(C(C)=O)C2. The summed E-state index contributed by atoms with van der Waals surface area (Å²) < 4.78 is 5.78. The van der Waals surface area contributed by atoms with Gasteiger partial charge in [-0.2, -0.15) is 0 Å². The fraction of sp³-hybridized carbons (Fsp3) is 0.500. The van der Waals surface area contributed by atoms with Crippen LogP contribution >= 0.6 is 22.9 Å². The van der Waals surface area contributed by atoms with E-state index in [9.17, 15) is 4.79 Å². The van der Waals surface area contributed by atoms with Gasteiger partial charge >= 0.3 is 0 Å². The van der Waals surface area contributed by atoms with Gasteiger partial charge in [-0.3, -0.25) is 4.79 Å². The minimum absolute atomic E-state index is 0.194. The Hall–Kier alpha value is -1.82. The molecule has 170 valence electrons. The van der Waals surface area contributed by atoms with Crippen LogP contribution in [0.3, 0.4) is 0 Å². The Morgan fingerprint density at radius 1 is 1.25 bits per heavy atom. The zero-order valence-electron chi connectivity index (χ0n) is 19.0. The topological polar surface area (TPSA) is 36.7 Å². The van der Waals surface area contributed by atoms with Crippen molar-refractivity contribution in [1.29, 1.82) is 0 Å². The standard InChI is InChI=1S/C26H31ClN2O2S/c1-3-20-21-8-13-29(17(2)30)15-26(21)32-25(20)9-12-28-10-6-18(7-11-28)23-16-31-24-5-4-19(27)14-22(23)24/h4-5,14,16,18H,3,6-13,15H2,1-2H3. The highest BCUT2D eigenvalue weighted by molar-refractivity contribution is 7.12. The van der Waals surface area contributed by atoms with Crippen LogP contribution < -0.4 is 0 Å². The normalized spacial score (nSPS) is 17.8. The molecule has 0 radical (unpaired) electrons. The summed E-state index contributed by atoms with van der Waals surface area (Å²) in [5.74, 6) is 0.739. The molecular weight excluding hydrogens is 440 g/mol. The summed E-state index contributed by atoms with van der Waals surface area (Å²) in [5, 5.41) is 1.95. The molecule has 0 atom stereocenters. The van der Waals surface area contributed by atoms with Gasteiger partial charge in [-0.05, 0) is 80.4 Å². The van der Waals surface area contributed by atoms with Crippen molar-refractivity contribution in [1.82, 2.24) is 9.80 Å². The molecule has 2 aliphatic heterocycles. The first kappa shape index (κ1) is 22.0. The summed E-state index contributed by atoms with van der Waals surface area (Å²) in [6.45, 7) is 9.00. The summed E-state index contributed by atoms with van der Waals surface area (Å²) in [6, 6.07) is 5.91. The average Bonchev–Trinajstić information content (AvgIpc) is 3.37. The van der Waals surface area contributed by atoms with E-state index < -0.39 is 0 Å². The molecule has 0 N–H and O–H groups in total. The van der Waals surface area contributed by atoms with Crippen molar-refractivity contribution in [2.75, 3.05) is 26.2 Å². The molecule has 32 heavy (non-hydrogen) atoms. The molecule has 2 aromatic heterocycles. The van der Waals surface area contributed by atoms with Gasteiger partial charge in [0.15, 0.2) is 0 Å². The number of furan rings is 1. The van der Waals surface area contributed by atoms with Crippen LogP contribution in [0.4, 0.5) is 0 Å². The third-order valence-electron chi connectivity index (χ3n) is 7.30. The maximum Gasteiger partial charge on any atom is 0.219 e. The van der Waals surface area contributed by atoms with Crippen LogP contribution in [0.25, 0.3) is 11.0 Å². The lowest BCUT2D eigenvalue weighted by Crippen LogP contribution is -2.34. The number of nitrogens with zero attached hydrogens (tertiary/aromatic N) is 2. The first-order chi connectivity index (χ1) is 15.5. The van der Waals surface area contributed by atoms with Crippen LogP contribution in [0.2, 0.25) is 5.02 Å². The number of carbonyl (C=O) groups excluding carboxylic acids is 1. The molecule has 0 unspecified atom stereocenters. The first-order valence-corrected chi connectivity index (χ1v) is 13.0.